The first-order valence-electron chi connectivity index (χ1n) is 6.77. The largest absolute Gasteiger partial charge is 0.348 e. The molecule has 1 aliphatic heterocycles. The minimum Gasteiger partial charge on any atom is -0.348 e. The van der Waals surface area contributed by atoms with Gasteiger partial charge in [-0.05, 0) is 6.42 Å². The van der Waals surface area contributed by atoms with Crippen LogP contribution in [0.2, 0.25) is 0 Å². The van der Waals surface area contributed by atoms with E-state index in [2.05, 4.69) is 9.88 Å². The Morgan fingerprint density at radius 2 is 2.00 bits per heavy atom. The van der Waals surface area contributed by atoms with Gasteiger partial charge in [-0.25, -0.2) is 9.78 Å². The summed E-state index contributed by atoms with van der Waals surface area (Å²) in [4.78, 5) is 33.3. The van der Waals surface area contributed by atoms with Crippen molar-refractivity contribution >= 4 is 11.9 Å². The summed E-state index contributed by atoms with van der Waals surface area (Å²) in [7, 11) is 3.52. The highest BCUT2D eigenvalue weighted by Crippen LogP contribution is 2.05. The molecule has 0 aliphatic carbocycles. The summed E-state index contributed by atoms with van der Waals surface area (Å²) in [5.41, 5.74) is 0. The lowest BCUT2D eigenvalue weighted by Gasteiger charge is -2.22. The van der Waals surface area contributed by atoms with Gasteiger partial charge < -0.3 is 9.80 Å². The lowest BCUT2D eigenvalue weighted by molar-refractivity contribution is -0.129. The number of imidazole rings is 1. The van der Waals surface area contributed by atoms with Gasteiger partial charge in [0.1, 0.15) is 6.33 Å². The first-order chi connectivity index (χ1) is 9.58. The molecule has 2 rings (SSSR count). The highest BCUT2D eigenvalue weighted by atomic mass is 16.2. The molecule has 110 valence electrons. The summed E-state index contributed by atoms with van der Waals surface area (Å²) < 4.78 is 1.49. The number of amides is 2. The smallest absolute Gasteiger partial charge is 0.329 e. The van der Waals surface area contributed by atoms with E-state index in [0.717, 1.165) is 19.5 Å². The lowest BCUT2D eigenvalue weighted by Crippen LogP contribution is -2.40. The molecule has 1 fully saturated rings. The Morgan fingerprint density at radius 3 is 2.65 bits per heavy atom. The first kappa shape index (κ1) is 14.5. The maximum Gasteiger partial charge on any atom is 0.329 e. The zero-order chi connectivity index (χ0) is 14.5. The van der Waals surface area contributed by atoms with E-state index in [-0.39, 0.29) is 11.9 Å². The fourth-order valence-corrected chi connectivity index (χ4v) is 2.19. The first-order valence-corrected chi connectivity index (χ1v) is 6.77. The molecule has 0 unspecified atom stereocenters. The molecule has 7 heteroatoms. The molecule has 0 aromatic carbocycles. The molecule has 0 saturated carbocycles. The van der Waals surface area contributed by atoms with Crippen molar-refractivity contribution in [3.8, 4) is 0 Å². The predicted molar refractivity (Wildman–Crippen MR) is 74.3 cm³/mol. The molecule has 0 atom stereocenters. The summed E-state index contributed by atoms with van der Waals surface area (Å²) >= 11 is 0. The van der Waals surface area contributed by atoms with Crippen LogP contribution in [0.5, 0.6) is 0 Å². The van der Waals surface area contributed by atoms with E-state index in [1.165, 1.54) is 10.9 Å². The van der Waals surface area contributed by atoms with Gasteiger partial charge in [0.05, 0.1) is 6.54 Å². The van der Waals surface area contributed by atoms with Gasteiger partial charge in [0, 0.05) is 52.7 Å². The fourth-order valence-electron chi connectivity index (χ4n) is 2.19. The number of carbonyl (C=O) groups is 2. The topological polar surface area (TPSA) is 61.7 Å². The van der Waals surface area contributed by atoms with Crippen molar-refractivity contribution in [1.29, 1.82) is 0 Å². The second-order valence-corrected chi connectivity index (χ2v) is 5.16. The van der Waals surface area contributed by atoms with Crippen LogP contribution in [0.25, 0.3) is 0 Å². The van der Waals surface area contributed by atoms with Crippen LogP contribution < -0.4 is 0 Å². The third kappa shape index (κ3) is 3.57. The normalized spacial score (nSPS) is 16.8. The van der Waals surface area contributed by atoms with E-state index in [4.69, 9.17) is 0 Å². The third-order valence-electron chi connectivity index (χ3n) is 3.44. The summed E-state index contributed by atoms with van der Waals surface area (Å²) in [6.45, 7) is 3.33. The van der Waals surface area contributed by atoms with Crippen LogP contribution in [-0.4, -0.2) is 83.0 Å². The van der Waals surface area contributed by atoms with Crippen LogP contribution in [-0.2, 0) is 4.79 Å². The summed E-state index contributed by atoms with van der Waals surface area (Å²) in [6.07, 6.45) is 5.64. The molecule has 1 aromatic heterocycles. The van der Waals surface area contributed by atoms with Crippen LogP contribution in [0, 0.1) is 0 Å². The van der Waals surface area contributed by atoms with Crippen molar-refractivity contribution in [1.82, 2.24) is 24.3 Å². The molecule has 1 saturated heterocycles. The van der Waals surface area contributed by atoms with E-state index >= 15 is 0 Å². The maximum absolute atomic E-state index is 12.2. The minimum atomic E-state index is -0.0525. The van der Waals surface area contributed by atoms with Crippen molar-refractivity contribution in [2.45, 2.75) is 6.42 Å². The molecule has 2 heterocycles. The molecule has 0 N–H and O–H groups in total. The van der Waals surface area contributed by atoms with Gasteiger partial charge >= 0.3 is 6.03 Å². The molecular formula is C13H21N5O2. The number of hydrogen-bond acceptors (Lipinski definition) is 4. The molecule has 0 spiro atoms. The molecule has 1 aromatic rings. The van der Waals surface area contributed by atoms with E-state index in [1.807, 2.05) is 4.90 Å². The van der Waals surface area contributed by atoms with Crippen LogP contribution in [0.3, 0.4) is 0 Å². The van der Waals surface area contributed by atoms with Crippen LogP contribution in [0.4, 0.5) is 4.79 Å². The molecular weight excluding hydrogens is 258 g/mol. The fraction of sp³-hybridized carbons (Fsp3) is 0.615. The summed E-state index contributed by atoms with van der Waals surface area (Å²) in [5, 5.41) is 0. The maximum atomic E-state index is 12.2. The Bertz CT molecular complexity index is 457. The molecule has 0 radical (unpaired) electrons. The van der Waals surface area contributed by atoms with Crippen LogP contribution in [0.1, 0.15) is 6.42 Å². The van der Waals surface area contributed by atoms with Crippen LogP contribution >= 0.6 is 0 Å². The standard InChI is InChI=1S/C13H21N5O2/c1-15(2)12(19)10-16-5-3-6-17(9-8-16)13(20)18-7-4-14-11-18/h4,7,11H,3,5-6,8-10H2,1-2H3. The molecule has 0 bridgehead atoms. The highest BCUT2D eigenvalue weighted by molar-refractivity contribution is 5.78. The van der Waals surface area contributed by atoms with Gasteiger partial charge in [-0.3, -0.25) is 14.3 Å². The van der Waals surface area contributed by atoms with Gasteiger partial charge in [-0.2, -0.15) is 0 Å². The van der Waals surface area contributed by atoms with Gasteiger partial charge in [0.15, 0.2) is 0 Å². The Morgan fingerprint density at radius 1 is 1.20 bits per heavy atom. The van der Waals surface area contributed by atoms with Gasteiger partial charge in [-0.15, -0.1) is 0 Å². The number of likely N-dealkylation sites (N-methyl/N-ethyl adjacent to an activating group) is 1. The van der Waals surface area contributed by atoms with Gasteiger partial charge in [0.2, 0.25) is 5.91 Å². The van der Waals surface area contributed by atoms with Gasteiger partial charge in [-0.1, -0.05) is 0 Å². The van der Waals surface area contributed by atoms with Crippen molar-refractivity contribution in [3.05, 3.63) is 18.7 Å². The van der Waals surface area contributed by atoms with Crippen molar-refractivity contribution in [2.24, 2.45) is 0 Å². The Hall–Kier alpha value is -1.89. The molecule has 2 amide bonds. The zero-order valence-corrected chi connectivity index (χ0v) is 12.0. The van der Waals surface area contributed by atoms with Crippen molar-refractivity contribution in [2.75, 3.05) is 46.8 Å². The minimum absolute atomic E-state index is 0.0525. The van der Waals surface area contributed by atoms with E-state index in [9.17, 15) is 9.59 Å². The average Bonchev–Trinajstić information content (AvgIpc) is 2.85. The van der Waals surface area contributed by atoms with Crippen molar-refractivity contribution in [3.63, 3.8) is 0 Å². The molecule has 1 aliphatic rings. The quantitative estimate of drug-likeness (QED) is 0.761. The zero-order valence-electron chi connectivity index (χ0n) is 12.0. The summed E-state index contributed by atoms with van der Waals surface area (Å²) in [6, 6.07) is -0.0525. The third-order valence-corrected chi connectivity index (χ3v) is 3.44. The number of nitrogens with zero attached hydrogens (tertiary/aromatic N) is 5. The Labute approximate surface area is 118 Å². The second kappa shape index (κ2) is 6.51. The molecule has 7 nitrogen and oxygen atoms in total. The number of aromatic nitrogens is 2. The lowest BCUT2D eigenvalue weighted by atomic mass is 10.3. The number of rotatable bonds is 2. The van der Waals surface area contributed by atoms with Gasteiger partial charge in [0.25, 0.3) is 0 Å². The predicted octanol–water partition coefficient (Wildman–Crippen LogP) is -0.0529. The van der Waals surface area contributed by atoms with Crippen LogP contribution in [0.15, 0.2) is 18.7 Å². The van der Waals surface area contributed by atoms with E-state index in [0.29, 0.717) is 19.6 Å². The monoisotopic (exact) mass is 279 g/mol. The van der Waals surface area contributed by atoms with E-state index in [1.54, 1.807) is 31.4 Å². The molecule has 20 heavy (non-hydrogen) atoms. The van der Waals surface area contributed by atoms with E-state index < -0.39 is 0 Å². The van der Waals surface area contributed by atoms with Crippen molar-refractivity contribution < 1.29 is 9.59 Å². The number of carbonyl (C=O) groups excluding carboxylic acids is 2. The SMILES string of the molecule is CN(C)C(=O)CN1CCCN(C(=O)n2ccnc2)CC1. The second-order valence-electron chi connectivity index (χ2n) is 5.16. The summed E-state index contributed by atoms with van der Waals surface area (Å²) in [5.74, 6) is 0.0967. The Balaban J connectivity index is 1.89. The Kier molecular flexibility index (Phi) is 4.73. The highest BCUT2D eigenvalue weighted by Gasteiger charge is 2.21. The number of hydrogen-bond donors (Lipinski definition) is 0. The average molecular weight is 279 g/mol.